The summed E-state index contributed by atoms with van der Waals surface area (Å²) < 4.78 is 0. The van der Waals surface area contributed by atoms with Gasteiger partial charge in [0, 0.05) is 6.54 Å². The van der Waals surface area contributed by atoms with Crippen molar-refractivity contribution in [2.24, 2.45) is 11.7 Å². The summed E-state index contributed by atoms with van der Waals surface area (Å²) in [5, 5.41) is 0. The predicted octanol–water partition coefficient (Wildman–Crippen LogP) is 1.47. The molecule has 0 radical (unpaired) electrons. The van der Waals surface area contributed by atoms with Crippen molar-refractivity contribution in [1.29, 1.82) is 0 Å². The summed E-state index contributed by atoms with van der Waals surface area (Å²) in [6, 6.07) is 9.78. The zero-order valence-corrected chi connectivity index (χ0v) is 10.5. The van der Waals surface area contributed by atoms with Gasteiger partial charge < -0.3 is 10.6 Å². The van der Waals surface area contributed by atoms with Gasteiger partial charge in [0.05, 0.1) is 6.04 Å². The molecule has 0 bridgehead atoms. The van der Waals surface area contributed by atoms with Gasteiger partial charge in [-0.2, -0.15) is 0 Å². The zero-order valence-electron chi connectivity index (χ0n) is 10.5. The van der Waals surface area contributed by atoms with E-state index in [1.54, 1.807) is 4.90 Å². The van der Waals surface area contributed by atoms with Gasteiger partial charge >= 0.3 is 11.8 Å². The summed E-state index contributed by atoms with van der Waals surface area (Å²) in [4.78, 5) is 24.5. The van der Waals surface area contributed by atoms with E-state index in [1.165, 1.54) is 0 Å². The molecular formula is C14H18N2O2. The average Bonchev–Trinajstić information content (AvgIpc) is 2.39. The lowest BCUT2D eigenvalue weighted by Crippen LogP contribution is -2.46. The Morgan fingerprint density at radius 1 is 1.28 bits per heavy atom. The van der Waals surface area contributed by atoms with E-state index in [9.17, 15) is 9.59 Å². The highest BCUT2D eigenvalue weighted by atomic mass is 16.2. The molecule has 1 aliphatic heterocycles. The Kier molecular flexibility index (Phi) is 3.65. The summed E-state index contributed by atoms with van der Waals surface area (Å²) >= 11 is 0. The number of piperidine rings is 1. The number of hydrogen-bond acceptors (Lipinski definition) is 2. The highest BCUT2D eigenvalue weighted by Gasteiger charge is 2.32. The molecule has 2 N–H and O–H groups in total. The number of carbonyl (C=O) groups is 2. The van der Waals surface area contributed by atoms with Crippen molar-refractivity contribution in [2.45, 2.75) is 25.8 Å². The maximum absolute atomic E-state index is 11.8. The van der Waals surface area contributed by atoms with Gasteiger partial charge in [0.2, 0.25) is 0 Å². The molecule has 1 saturated heterocycles. The van der Waals surface area contributed by atoms with Crippen LogP contribution < -0.4 is 5.73 Å². The van der Waals surface area contributed by atoms with Crippen molar-refractivity contribution >= 4 is 11.8 Å². The number of benzene rings is 1. The lowest BCUT2D eigenvalue weighted by molar-refractivity contribution is -0.147. The number of nitrogens with zero attached hydrogens (tertiary/aromatic N) is 1. The Morgan fingerprint density at radius 3 is 2.56 bits per heavy atom. The fourth-order valence-electron chi connectivity index (χ4n) is 2.52. The monoisotopic (exact) mass is 246 g/mol. The zero-order chi connectivity index (χ0) is 13.1. The van der Waals surface area contributed by atoms with Gasteiger partial charge in [-0.1, -0.05) is 37.3 Å². The largest absolute Gasteiger partial charge is 0.361 e. The van der Waals surface area contributed by atoms with E-state index in [4.69, 9.17) is 5.73 Å². The van der Waals surface area contributed by atoms with E-state index in [1.807, 2.05) is 30.3 Å². The fourth-order valence-corrected chi connectivity index (χ4v) is 2.52. The van der Waals surface area contributed by atoms with Crippen LogP contribution >= 0.6 is 0 Å². The molecule has 0 unspecified atom stereocenters. The number of likely N-dealkylation sites (tertiary alicyclic amines) is 1. The van der Waals surface area contributed by atoms with Gasteiger partial charge in [0.25, 0.3) is 0 Å². The molecule has 0 aromatic heterocycles. The molecular weight excluding hydrogens is 228 g/mol. The lowest BCUT2D eigenvalue weighted by Gasteiger charge is -2.38. The molecule has 1 aliphatic rings. The van der Waals surface area contributed by atoms with Crippen LogP contribution in [0.15, 0.2) is 30.3 Å². The molecule has 2 amide bonds. The van der Waals surface area contributed by atoms with Crippen molar-refractivity contribution in [1.82, 2.24) is 4.90 Å². The van der Waals surface area contributed by atoms with Crippen LogP contribution in [0, 0.1) is 5.92 Å². The van der Waals surface area contributed by atoms with Crippen LogP contribution in [0.4, 0.5) is 0 Å². The first kappa shape index (κ1) is 12.6. The Morgan fingerprint density at radius 2 is 1.94 bits per heavy atom. The summed E-state index contributed by atoms with van der Waals surface area (Å²) in [6.07, 6.45) is 1.80. The van der Waals surface area contributed by atoms with Crippen molar-refractivity contribution in [3.8, 4) is 0 Å². The highest BCUT2D eigenvalue weighted by Crippen LogP contribution is 2.33. The number of nitrogens with two attached hydrogens (primary N) is 1. The Hall–Kier alpha value is -1.84. The Balaban J connectivity index is 2.27. The quantitative estimate of drug-likeness (QED) is 0.763. The van der Waals surface area contributed by atoms with Crippen LogP contribution in [0.5, 0.6) is 0 Å². The first-order valence-corrected chi connectivity index (χ1v) is 6.25. The molecule has 2 atom stereocenters. The maximum atomic E-state index is 11.8. The highest BCUT2D eigenvalue weighted by molar-refractivity contribution is 6.34. The SMILES string of the molecule is C[C@H]1CCN(C(=O)C(N)=O)[C@@H](c2ccccc2)C1. The van der Waals surface area contributed by atoms with Crippen LogP contribution in [0.2, 0.25) is 0 Å². The van der Waals surface area contributed by atoms with Crippen LogP contribution in [-0.2, 0) is 9.59 Å². The fraction of sp³-hybridized carbons (Fsp3) is 0.429. The topological polar surface area (TPSA) is 63.4 Å². The number of rotatable bonds is 1. The standard InChI is InChI=1S/C14H18N2O2/c1-10-7-8-16(14(18)13(15)17)12(9-10)11-5-3-2-4-6-11/h2-6,10,12H,7-9H2,1H3,(H2,15,17)/t10-,12+/m0/s1. The minimum atomic E-state index is -0.870. The molecule has 0 aliphatic carbocycles. The summed E-state index contributed by atoms with van der Waals surface area (Å²) in [5.41, 5.74) is 6.18. The van der Waals surface area contributed by atoms with E-state index in [-0.39, 0.29) is 6.04 Å². The molecule has 1 fully saturated rings. The molecule has 96 valence electrons. The van der Waals surface area contributed by atoms with Gasteiger partial charge in [-0.25, -0.2) is 0 Å². The Labute approximate surface area is 107 Å². The van der Waals surface area contributed by atoms with Crippen molar-refractivity contribution in [2.75, 3.05) is 6.54 Å². The van der Waals surface area contributed by atoms with Gasteiger partial charge in [0.1, 0.15) is 0 Å². The minimum absolute atomic E-state index is 0.0325. The van der Waals surface area contributed by atoms with Gasteiger partial charge in [0.15, 0.2) is 0 Å². The first-order chi connectivity index (χ1) is 8.59. The van der Waals surface area contributed by atoms with Crippen LogP contribution in [0.25, 0.3) is 0 Å². The van der Waals surface area contributed by atoms with Crippen molar-refractivity contribution in [3.63, 3.8) is 0 Å². The Bertz CT molecular complexity index is 444. The van der Waals surface area contributed by atoms with E-state index in [0.717, 1.165) is 18.4 Å². The van der Waals surface area contributed by atoms with Crippen molar-refractivity contribution in [3.05, 3.63) is 35.9 Å². The second-order valence-electron chi connectivity index (χ2n) is 4.92. The van der Waals surface area contributed by atoms with E-state index < -0.39 is 11.8 Å². The molecule has 0 saturated carbocycles. The van der Waals surface area contributed by atoms with E-state index >= 15 is 0 Å². The van der Waals surface area contributed by atoms with Gasteiger partial charge in [-0.15, -0.1) is 0 Å². The molecule has 4 nitrogen and oxygen atoms in total. The third-order valence-electron chi connectivity index (χ3n) is 3.52. The van der Waals surface area contributed by atoms with Crippen LogP contribution in [0.1, 0.15) is 31.4 Å². The molecule has 4 heteroatoms. The summed E-state index contributed by atoms with van der Waals surface area (Å²) in [7, 11) is 0. The summed E-state index contributed by atoms with van der Waals surface area (Å²) in [5.74, 6) is -0.895. The van der Waals surface area contributed by atoms with E-state index in [0.29, 0.717) is 12.5 Å². The molecule has 1 aromatic rings. The smallest absolute Gasteiger partial charge is 0.312 e. The molecule has 1 aromatic carbocycles. The van der Waals surface area contributed by atoms with Gasteiger partial charge in [-0.3, -0.25) is 9.59 Å². The predicted molar refractivity (Wildman–Crippen MR) is 68.5 cm³/mol. The van der Waals surface area contributed by atoms with Crippen LogP contribution in [0.3, 0.4) is 0 Å². The second kappa shape index (κ2) is 5.21. The first-order valence-electron chi connectivity index (χ1n) is 6.25. The molecule has 1 heterocycles. The minimum Gasteiger partial charge on any atom is -0.361 e. The van der Waals surface area contributed by atoms with Crippen LogP contribution in [-0.4, -0.2) is 23.3 Å². The normalized spacial score (nSPS) is 23.7. The number of hydrogen-bond donors (Lipinski definition) is 1. The average molecular weight is 246 g/mol. The number of primary amides is 1. The summed E-state index contributed by atoms with van der Waals surface area (Å²) in [6.45, 7) is 2.77. The maximum Gasteiger partial charge on any atom is 0.312 e. The third-order valence-corrected chi connectivity index (χ3v) is 3.52. The second-order valence-corrected chi connectivity index (χ2v) is 4.92. The van der Waals surface area contributed by atoms with E-state index in [2.05, 4.69) is 6.92 Å². The molecule has 2 rings (SSSR count). The third kappa shape index (κ3) is 2.53. The molecule has 0 spiro atoms. The van der Waals surface area contributed by atoms with Gasteiger partial charge in [-0.05, 0) is 24.3 Å². The number of amides is 2. The van der Waals surface area contributed by atoms with Crippen molar-refractivity contribution < 1.29 is 9.59 Å². The number of carbonyl (C=O) groups excluding carboxylic acids is 2. The molecule has 18 heavy (non-hydrogen) atoms. The lowest BCUT2D eigenvalue weighted by atomic mass is 9.88.